The first kappa shape index (κ1) is 13.7. The van der Waals surface area contributed by atoms with E-state index < -0.39 is 6.16 Å². The molecular formula is C14H11BrN2O4. The van der Waals surface area contributed by atoms with E-state index in [1.807, 2.05) is 12.1 Å². The average Bonchev–Trinajstić information content (AvgIpc) is 2.85. The lowest BCUT2D eigenvalue weighted by molar-refractivity contribution is 0.105. The lowest BCUT2D eigenvalue weighted by Crippen LogP contribution is -2.10. The number of carbonyl (C=O) groups is 1. The van der Waals surface area contributed by atoms with E-state index in [2.05, 4.69) is 25.9 Å². The summed E-state index contributed by atoms with van der Waals surface area (Å²) in [7, 11) is 0. The normalized spacial score (nSPS) is 11.0. The lowest BCUT2D eigenvalue weighted by Gasteiger charge is -2.05. The van der Waals surface area contributed by atoms with Crippen LogP contribution in [0.25, 0.3) is 21.8 Å². The van der Waals surface area contributed by atoms with E-state index in [9.17, 15) is 9.59 Å². The molecule has 0 bridgehead atoms. The smallest absolute Gasteiger partial charge is 0.434 e. The molecule has 6 nitrogen and oxygen atoms in total. The SMILES string of the molecule is CCOC(=O)Oc1c[nH]c2c(=O)[nH]c3ccc(Br)cc3c12. The van der Waals surface area contributed by atoms with Crippen LogP contribution in [0.5, 0.6) is 5.75 Å². The van der Waals surface area contributed by atoms with Crippen molar-refractivity contribution in [2.75, 3.05) is 6.61 Å². The van der Waals surface area contributed by atoms with Crippen molar-refractivity contribution < 1.29 is 14.3 Å². The van der Waals surface area contributed by atoms with Crippen LogP contribution >= 0.6 is 15.9 Å². The predicted molar refractivity (Wildman–Crippen MR) is 81.8 cm³/mol. The molecule has 0 amide bonds. The van der Waals surface area contributed by atoms with Crippen molar-refractivity contribution in [3.8, 4) is 5.75 Å². The Morgan fingerprint density at radius 3 is 2.95 bits per heavy atom. The number of rotatable bonds is 2. The molecule has 0 saturated heterocycles. The monoisotopic (exact) mass is 350 g/mol. The van der Waals surface area contributed by atoms with Gasteiger partial charge in [-0.25, -0.2) is 4.79 Å². The molecule has 3 rings (SSSR count). The van der Waals surface area contributed by atoms with Crippen molar-refractivity contribution in [3.63, 3.8) is 0 Å². The number of carbonyl (C=O) groups excluding carboxylic acids is 1. The third-order valence-corrected chi connectivity index (χ3v) is 3.52. The van der Waals surface area contributed by atoms with Crippen LogP contribution in [-0.4, -0.2) is 22.7 Å². The van der Waals surface area contributed by atoms with Crippen LogP contribution in [0.4, 0.5) is 4.79 Å². The highest BCUT2D eigenvalue weighted by molar-refractivity contribution is 9.10. The van der Waals surface area contributed by atoms with Crippen LogP contribution in [0.15, 0.2) is 33.7 Å². The van der Waals surface area contributed by atoms with Crippen molar-refractivity contribution in [2.45, 2.75) is 6.92 Å². The van der Waals surface area contributed by atoms with Gasteiger partial charge in [0.15, 0.2) is 5.75 Å². The maximum Gasteiger partial charge on any atom is 0.513 e. The molecule has 0 atom stereocenters. The van der Waals surface area contributed by atoms with E-state index in [1.165, 1.54) is 6.20 Å². The van der Waals surface area contributed by atoms with Crippen LogP contribution < -0.4 is 10.3 Å². The Morgan fingerprint density at radius 1 is 1.38 bits per heavy atom. The van der Waals surface area contributed by atoms with Crippen LogP contribution in [-0.2, 0) is 4.74 Å². The van der Waals surface area contributed by atoms with E-state index in [-0.39, 0.29) is 17.9 Å². The number of pyridine rings is 1. The number of benzene rings is 1. The molecule has 0 saturated carbocycles. The van der Waals surface area contributed by atoms with Crippen molar-refractivity contribution in [1.29, 1.82) is 0 Å². The van der Waals surface area contributed by atoms with Gasteiger partial charge in [-0.15, -0.1) is 0 Å². The Kier molecular flexibility index (Phi) is 3.42. The summed E-state index contributed by atoms with van der Waals surface area (Å²) in [5, 5.41) is 1.31. The standard InChI is InChI=1S/C14H11BrN2O4/c1-2-20-14(19)21-10-6-16-12-11(10)8-5-7(15)3-4-9(8)17-13(12)18/h3-6,16H,2H2,1H3,(H,17,18). The van der Waals surface area contributed by atoms with Gasteiger partial charge in [0.2, 0.25) is 0 Å². The van der Waals surface area contributed by atoms with Crippen LogP contribution in [0.3, 0.4) is 0 Å². The minimum absolute atomic E-state index is 0.216. The number of hydrogen-bond donors (Lipinski definition) is 2. The second kappa shape index (κ2) is 5.25. The molecule has 0 radical (unpaired) electrons. The quantitative estimate of drug-likeness (QED) is 0.694. The van der Waals surface area contributed by atoms with Gasteiger partial charge in [0.1, 0.15) is 5.52 Å². The number of fused-ring (bicyclic) bond motifs is 3. The number of H-pyrrole nitrogens is 2. The van der Waals surface area contributed by atoms with Gasteiger partial charge in [-0.05, 0) is 25.1 Å². The summed E-state index contributed by atoms with van der Waals surface area (Å²) in [6, 6.07) is 5.45. The summed E-state index contributed by atoms with van der Waals surface area (Å²) < 4.78 is 10.8. The van der Waals surface area contributed by atoms with Crippen molar-refractivity contribution in [2.24, 2.45) is 0 Å². The molecule has 1 aromatic carbocycles. The van der Waals surface area contributed by atoms with Gasteiger partial charge in [-0.1, -0.05) is 15.9 Å². The molecule has 3 aromatic rings. The second-order valence-electron chi connectivity index (χ2n) is 4.33. The van der Waals surface area contributed by atoms with Crippen molar-refractivity contribution in [3.05, 3.63) is 39.2 Å². The molecule has 0 aliphatic carbocycles. The average molecular weight is 351 g/mol. The zero-order valence-corrected chi connectivity index (χ0v) is 12.6. The molecule has 2 heterocycles. The molecule has 7 heteroatoms. The first-order valence-corrected chi connectivity index (χ1v) is 7.06. The molecular weight excluding hydrogens is 340 g/mol. The van der Waals surface area contributed by atoms with Gasteiger partial charge in [0.05, 0.1) is 12.0 Å². The Labute approximate surface area is 127 Å². The molecule has 0 fully saturated rings. The van der Waals surface area contributed by atoms with Gasteiger partial charge in [0, 0.05) is 21.6 Å². The fourth-order valence-corrected chi connectivity index (χ4v) is 2.55. The molecule has 0 aliphatic rings. The maximum absolute atomic E-state index is 12.0. The number of aromatic nitrogens is 2. The van der Waals surface area contributed by atoms with Crippen LogP contribution in [0.1, 0.15) is 6.92 Å². The van der Waals surface area contributed by atoms with Crippen LogP contribution in [0.2, 0.25) is 0 Å². The molecule has 0 spiro atoms. The summed E-state index contributed by atoms with van der Waals surface area (Å²) in [5.74, 6) is 0.262. The lowest BCUT2D eigenvalue weighted by atomic mass is 10.1. The van der Waals surface area contributed by atoms with E-state index >= 15 is 0 Å². The molecule has 2 aromatic heterocycles. The third-order valence-electron chi connectivity index (χ3n) is 3.03. The molecule has 108 valence electrons. The minimum Gasteiger partial charge on any atom is -0.434 e. The van der Waals surface area contributed by atoms with E-state index in [0.29, 0.717) is 16.4 Å². The Bertz CT molecular complexity index is 897. The third kappa shape index (κ3) is 2.40. The Morgan fingerprint density at radius 2 is 2.19 bits per heavy atom. The zero-order valence-electron chi connectivity index (χ0n) is 11.0. The summed E-state index contributed by atoms with van der Waals surface area (Å²) in [4.78, 5) is 29.1. The summed E-state index contributed by atoms with van der Waals surface area (Å²) in [5.41, 5.74) is 0.724. The largest absolute Gasteiger partial charge is 0.513 e. The van der Waals surface area contributed by atoms with E-state index in [4.69, 9.17) is 9.47 Å². The number of nitrogens with one attached hydrogen (secondary N) is 2. The Balaban J connectivity index is 2.27. The Hall–Kier alpha value is -2.28. The number of hydrogen-bond acceptors (Lipinski definition) is 4. The molecule has 0 unspecified atom stereocenters. The van der Waals surface area contributed by atoms with Gasteiger partial charge >= 0.3 is 6.16 Å². The highest BCUT2D eigenvalue weighted by Crippen LogP contribution is 2.31. The predicted octanol–water partition coefficient (Wildman–Crippen LogP) is 3.31. The molecule has 0 aliphatic heterocycles. The maximum atomic E-state index is 12.0. The zero-order chi connectivity index (χ0) is 15.0. The highest BCUT2D eigenvalue weighted by Gasteiger charge is 2.16. The van der Waals surface area contributed by atoms with Gasteiger partial charge < -0.3 is 19.4 Å². The number of aromatic amines is 2. The summed E-state index contributed by atoms with van der Waals surface area (Å²) in [6.45, 7) is 1.90. The number of ether oxygens (including phenoxy) is 2. The second-order valence-corrected chi connectivity index (χ2v) is 5.25. The number of halogens is 1. The minimum atomic E-state index is -0.804. The fraction of sp³-hybridized carbons (Fsp3) is 0.143. The molecule has 2 N–H and O–H groups in total. The first-order chi connectivity index (χ1) is 10.1. The van der Waals surface area contributed by atoms with E-state index in [1.54, 1.807) is 13.0 Å². The van der Waals surface area contributed by atoms with Crippen molar-refractivity contribution in [1.82, 2.24) is 9.97 Å². The van der Waals surface area contributed by atoms with E-state index in [0.717, 1.165) is 9.86 Å². The first-order valence-electron chi connectivity index (χ1n) is 6.27. The van der Waals surface area contributed by atoms with Gasteiger partial charge in [-0.3, -0.25) is 4.79 Å². The van der Waals surface area contributed by atoms with Crippen molar-refractivity contribution >= 4 is 43.9 Å². The fourth-order valence-electron chi connectivity index (χ4n) is 2.19. The highest BCUT2D eigenvalue weighted by atomic mass is 79.9. The molecule has 21 heavy (non-hydrogen) atoms. The van der Waals surface area contributed by atoms with Gasteiger partial charge in [0.25, 0.3) is 5.56 Å². The van der Waals surface area contributed by atoms with Gasteiger partial charge in [-0.2, -0.15) is 0 Å². The summed E-state index contributed by atoms with van der Waals surface area (Å²) >= 11 is 3.39. The topological polar surface area (TPSA) is 84.2 Å². The van der Waals surface area contributed by atoms with Crippen LogP contribution in [0, 0.1) is 0 Å². The summed E-state index contributed by atoms with van der Waals surface area (Å²) in [6.07, 6.45) is 0.666.